The zero-order valence-corrected chi connectivity index (χ0v) is 11.1. The molecule has 6 heteroatoms. The van der Waals surface area contributed by atoms with Crippen molar-refractivity contribution in [2.24, 2.45) is 0 Å². The Bertz CT molecular complexity index is 797. The SMILES string of the molecule is Cc1nc2ccc(-c3ccc(N(C)C#N)nn3)cc2[nH]1. The second-order valence-corrected chi connectivity index (χ2v) is 4.49. The maximum atomic E-state index is 8.79. The van der Waals surface area contributed by atoms with E-state index in [1.165, 1.54) is 4.90 Å². The van der Waals surface area contributed by atoms with Gasteiger partial charge in [-0.2, -0.15) is 5.26 Å². The number of aryl methyl sites for hydroxylation is 1. The average Bonchev–Trinajstić information content (AvgIpc) is 2.85. The van der Waals surface area contributed by atoms with Crippen molar-refractivity contribution in [1.29, 1.82) is 5.26 Å². The Hall–Kier alpha value is -2.94. The predicted octanol–water partition coefficient (Wildman–Crippen LogP) is 2.25. The van der Waals surface area contributed by atoms with Crippen LogP contribution in [0, 0.1) is 18.4 Å². The van der Waals surface area contributed by atoms with Crippen molar-refractivity contribution in [3.05, 3.63) is 36.2 Å². The number of rotatable bonds is 2. The molecule has 98 valence electrons. The molecule has 0 bridgehead atoms. The van der Waals surface area contributed by atoms with E-state index < -0.39 is 0 Å². The molecule has 0 aliphatic carbocycles. The normalized spacial score (nSPS) is 10.4. The van der Waals surface area contributed by atoms with E-state index in [2.05, 4.69) is 20.2 Å². The zero-order chi connectivity index (χ0) is 14.1. The number of imidazole rings is 1. The molecule has 0 amide bonds. The zero-order valence-electron chi connectivity index (χ0n) is 11.1. The molecule has 0 atom stereocenters. The largest absolute Gasteiger partial charge is 0.342 e. The molecule has 2 aromatic heterocycles. The van der Waals surface area contributed by atoms with Crippen LogP contribution in [0.4, 0.5) is 5.82 Å². The van der Waals surface area contributed by atoms with Crippen LogP contribution in [0.25, 0.3) is 22.3 Å². The van der Waals surface area contributed by atoms with Crippen molar-refractivity contribution in [3.63, 3.8) is 0 Å². The van der Waals surface area contributed by atoms with Gasteiger partial charge < -0.3 is 4.98 Å². The van der Waals surface area contributed by atoms with Gasteiger partial charge in [0, 0.05) is 12.6 Å². The number of nitrogens with one attached hydrogen (secondary N) is 1. The highest BCUT2D eigenvalue weighted by molar-refractivity contribution is 5.81. The third-order valence-electron chi connectivity index (χ3n) is 3.04. The molecule has 0 aliphatic rings. The summed E-state index contributed by atoms with van der Waals surface area (Å²) in [5.74, 6) is 1.41. The van der Waals surface area contributed by atoms with Gasteiger partial charge in [0.25, 0.3) is 0 Å². The summed E-state index contributed by atoms with van der Waals surface area (Å²) in [5, 5.41) is 17.0. The summed E-state index contributed by atoms with van der Waals surface area (Å²) >= 11 is 0. The Balaban J connectivity index is 2.00. The fourth-order valence-electron chi connectivity index (χ4n) is 2.01. The molecule has 0 unspecified atom stereocenters. The van der Waals surface area contributed by atoms with E-state index in [0.717, 1.165) is 28.1 Å². The maximum Gasteiger partial charge on any atom is 0.185 e. The van der Waals surface area contributed by atoms with Gasteiger partial charge in [-0.25, -0.2) is 4.98 Å². The number of anilines is 1. The minimum atomic E-state index is 0.523. The van der Waals surface area contributed by atoms with Crippen molar-refractivity contribution < 1.29 is 0 Å². The molecule has 3 rings (SSSR count). The molecule has 0 radical (unpaired) electrons. The number of H-pyrrole nitrogens is 1. The summed E-state index contributed by atoms with van der Waals surface area (Å²) in [6, 6.07) is 9.52. The van der Waals surface area contributed by atoms with E-state index in [1.807, 2.05) is 37.4 Å². The number of nitrogens with zero attached hydrogens (tertiary/aromatic N) is 5. The predicted molar refractivity (Wildman–Crippen MR) is 75.9 cm³/mol. The summed E-state index contributed by atoms with van der Waals surface area (Å²) < 4.78 is 0. The first kappa shape index (κ1) is 12.1. The Labute approximate surface area is 115 Å². The lowest BCUT2D eigenvalue weighted by Crippen LogP contribution is -2.10. The highest BCUT2D eigenvalue weighted by Crippen LogP contribution is 2.22. The smallest absolute Gasteiger partial charge is 0.185 e. The molecule has 2 heterocycles. The lowest BCUT2D eigenvalue weighted by atomic mass is 10.1. The Morgan fingerprint density at radius 2 is 2.05 bits per heavy atom. The molecule has 0 fully saturated rings. The number of aromatic amines is 1. The molecule has 1 aromatic carbocycles. The quantitative estimate of drug-likeness (QED) is 0.567. The standard InChI is InChI=1S/C14H12N6/c1-9-16-12-4-3-10(7-13(12)17-9)11-5-6-14(19-18-11)20(2)8-15/h3-7H,1-2H3,(H,16,17). The molecule has 3 aromatic rings. The van der Waals surface area contributed by atoms with Crippen molar-refractivity contribution in [1.82, 2.24) is 20.2 Å². The van der Waals surface area contributed by atoms with Crippen LogP contribution in [-0.2, 0) is 0 Å². The van der Waals surface area contributed by atoms with E-state index >= 15 is 0 Å². The van der Waals surface area contributed by atoms with Gasteiger partial charge in [-0.05, 0) is 31.2 Å². The molecule has 1 N–H and O–H groups in total. The van der Waals surface area contributed by atoms with Crippen molar-refractivity contribution in [2.75, 3.05) is 11.9 Å². The van der Waals surface area contributed by atoms with Crippen LogP contribution < -0.4 is 4.90 Å². The van der Waals surface area contributed by atoms with Crippen LogP contribution in [0.1, 0.15) is 5.82 Å². The van der Waals surface area contributed by atoms with Crippen LogP contribution in [-0.4, -0.2) is 27.2 Å². The van der Waals surface area contributed by atoms with Gasteiger partial charge in [-0.3, -0.25) is 4.90 Å². The Morgan fingerprint density at radius 1 is 1.20 bits per heavy atom. The highest BCUT2D eigenvalue weighted by atomic mass is 15.2. The summed E-state index contributed by atoms with van der Waals surface area (Å²) in [6.45, 7) is 1.92. The summed E-state index contributed by atoms with van der Waals surface area (Å²) in [6.07, 6.45) is 1.98. The Kier molecular flexibility index (Phi) is 2.80. The highest BCUT2D eigenvalue weighted by Gasteiger charge is 2.06. The lowest BCUT2D eigenvalue weighted by Gasteiger charge is -2.07. The third kappa shape index (κ3) is 2.06. The minimum absolute atomic E-state index is 0.523. The number of aromatic nitrogens is 4. The van der Waals surface area contributed by atoms with Crippen LogP contribution >= 0.6 is 0 Å². The molecule has 6 nitrogen and oxygen atoms in total. The summed E-state index contributed by atoms with van der Waals surface area (Å²) in [7, 11) is 1.64. The monoisotopic (exact) mass is 264 g/mol. The van der Waals surface area contributed by atoms with Gasteiger partial charge in [-0.1, -0.05) is 6.07 Å². The molecule has 20 heavy (non-hydrogen) atoms. The lowest BCUT2D eigenvalue weighted by molar-refractivity contribution is 0.994. The van der Waals surface area contributed by atoms with Crippen LogP contribution in [0.2, 0.25) is 0 Å². The molecular weight excluding hydrogens is 252 g/mol. The van der Waals surface area contributed by atoms with E-state index in [1.54, 1.807) is 13.1 Å². The summed E-state index contributed by atoms with van der Waals surface area (Å²) in [5.41, 5.74) is 3.62. The molecule has 0 saturated carbocycles. The minimum Gasteiger partial charge on any atom is -0.342 e. The van der Waals surface area contributed by atoms with Gasteiger partial charge in [0.1, 0.15) is 5.82 Å². The number of fused-ring (bicyclic) bond motifs is 1. The van der Waals surface area contributed by atoms with Gasteiger partial charge in [0.15, 0.2) is 12.0 Å². The molecule has 0 aliphatic heterocycles. The van der Waals surface area contributed by atoms with E-state index in [4.69, 9.17) is 5.26 Å². The van der Waals surface area contributed by atoms with E-state index in [0.29, 0.717) is 5.82 Å². The van der Waals surface area contributed by atoms with Crippen molar-refractivity contribution >= 4 is 16.9 Å². The van der Waals surface area contributed by atoms with Gasteiger partial charge in [-0.15, -0.1) is 10.2 Å². The first-order valence-corrected chi connectivity index (χ1v) is 6.11. The average molecular weight is 264 g/mol. The second kappa shape index (κ2) is 4.63. The molecular formula is C14H12N6. The van der Waals surface area contributed by atoms with Gasteiger partial charge >= 0.3 is 0 Å². The Morgan fingerprint density at radius 3 is 2.75 bits per heavy atom. The molecule has 0 saturated heterocycles. The van der Waals surface area contributed by atoms with Gasteiger partial charge in [0.05, 0.1) is 16.7 Å². The number of hydrogen-bond donors (Lipinski definition) is 1. The van der Waals surface area contributed by atoms with Gasteiger partial charge in [0.2, 0.25) is 0 Å². The van der Waals surface area contributed by atoms with Crippen molar-refractivity contribution in [2.45, 2.75) is 6.92 Å². The topological polar surface area (TPSA) is 81.5 Å². The maximum absolute atomic E-state index is 8.79. The summed E-state index contributed by atoms with van der Waals surface area (Å²) in [4.78, 5) is 8.92. The fourth-order valence-corrected chi connectivity index (χ4v) is 2.01. The first-order valence-electron chi connectivity index (χ1n) is 6.11. The fraction of sp³-hybridized carbons (Fsp3) is 0.143. The number of nitriles is 1. The van der Waals surface area contributed by atoms with Crippen LogP contribution in [0.5, 0.6) is 0 Å². The first-order chi connectivity index (χ1) is 9.67. The third-order valence-corrected chi connectivity index (χ3v) is 3.04. The number of hydrogen-bond acceptors (Lipinski definition) is 5. The van der Waals surface area contributed by atoms with Crippen molar-refractivity contribution in [3.8, 4) is 17.5 Å². The number of benzene rings is 1. The van der Waals surface area contributed by atoms with Crippen LogP contribution in [0.3, 0.4) is 0 Å². The van der Waals surface area contributed by atoms with Crippen LogP contribution in [0.15, 0.2) is 30.3 Å². The van der Waals surface area contributed by atoms with E-state index in [-0.39, 0.29) is 0 Å². The molecule has 0 spiro atoms. The van der Waals surface area contributed by atoms with E-state index in [9.17, 15) is 0 Å². The second-order valence-electron chi connectivity index (χ2n) is 4.49.